The molecule has 0 saturated heterocycles. The van der Waals surface area contributed by atoms with Crippen molar-refractivity contribution in [1.29, 1.82) is 0 Å². The molecule has 0 amide bonds. The molecule has 3 aliphatic rings. The summed E-state index contributed by atoms with van der Waals surface area (Å²) in [4.78, 5) is 178. The van der Waals surface area contributed by atoms with E-state index in [0.29, 0.717) is 54.6 Å². The molecule has 0 radical (unpaired) electrons. The molecule has 3 aliphatic carbocycles. The van der Waals surface area contributed by atoms with Crippen LogP contribution in [-0.4, -0.2) is 119 Å². The zero-order chi connectivity index (χ0) is 67.3. The molecular weight excluding hydrogens is 1250 g/mol. The van der Waals surface area contributed by atoms with Gasteiger partial charge in [-0.25, -0.2) is 14.4 Å². The van der Waals surface area contributed by atoms with Crippen LogP contribution in [0.4, 0.5) is 51.2 Å². The lowest BCUT2D eigenvalue weighted by molar-refractivity contribution is -0.394. The number of hydrogen-bond acceptors (Lipinski definition) is 30. The van der Waals surface area contributed by atoms with Crippen molar-refractivity contribution in [3.8, 4) is 50.6 Å². The Balaban J connectivity index is 0.851. The molecule has 7 aromatic carbocycles. The summed E-state index contributed by atoms with van der Waals surface area (Å²) in [7, 11) is 0. The topological polar surface area (TPSA) is 546 Å². The smallest absolute Gasteiger partial charge is 0.338 e. The lowest BCUT2D eigenvalue weighted by Gasteiger charge is -2.14. The van der Waals surface area contributed by atoms with Gasteiger partial charge in [-0.1, -0.05) is 0 Å². The van der Waals surface area contributed by atoms with Gasteiger partial charge in [-0.3, -0.25) is 105 Å². The summed E-state index contributed by atoms with van der Waals surface area (Å²) in [5.74, 6) is -7.83. The standard InChI is InChI=1S/C54H27N9O30/c64-49-31-7-22(10-37(58(76)77)43(31)46-34(49)13-25(55(70)71)16-40(46)61(82)83)52(67)91-4-1-88-28-19-29(89-2-5-92-53(68)23-8-32-44(38(11-23)59(78)79)47-35(50(32)65)14-26(56(72)73)17-41(47)62(84)85)21-30(20-28)90-3-6-93-54(69)24-9-33-45(39(12-24)60(80)81)48-36(51(33)66)15-27(57(74)75)18-42(48)63(86)87/h7-21H,1-6H2. The normalized spacial score (nSPS) is 11.8. The number of fused-ring (bicyclic) bond motifs is 9. The predicted molar refractivity (Wildman–Crippen MR) is 300 cm³/mol. The SMILES string of the molecule is O=C(OCCOc1cc(OCCOC(=O)c2cc3c(c([N+](=O)[O-])c2)-c2c(cc([N+](=O)[O-])cc2[N+](=O)[O-])C3=O)cc(OCCOC(=O)c2cc3c(c([N+](=O)[O-])c2)-c2c(cc([N+](=O)[O-])cc2[N+](=O)[O-])C3=O)c1)c1cc2c(c([N+](=O)[O-])c1)-c1c(cc([N+](=O)[O-])cc1[N+](=O)[O-])C2=O. The molecule has 0 spiro atoms. The maximum absolute atomic E-state index is 13.5. The maximum atomic E-state index is 13.5. The first-order valence-corrected chi connectivity index (χ1v) is 25.6. The highest BCUT2D eigenvalue weighted by Gasteiger charge is 2.45. The molecular formula is C54H27N9O30. The zero-order valence-corrected chi connectivity index (χ0v) is 45.7. The minimum Gasteiger partial charge on any atom is -0.490 e. The predicted octanol–water partition coefficient (Wildman–Crippen LogP) is 8.20. The van der Waals surface area contributed by atoms with E-state index in [2.05, 4.69) is 0 Å². The van der Waals surface area contributed by atoms with Gasteiger partial charge >= 0.3 is 17.9 Å². The summed E-state index contributed by atoms with van der Waals surface area (Å²) in [5.41, 5.74) is -17.7. The van der Waals surface area contributed by atoms with Gasteiger partial charge < -0.3 is 28.4 Å². The second-order valence-corrected chi connectivity index (χ2v) is 19.3. The average molecular weight is 1280 g/mol. The molecule has 10 rings (SSSR count). The van der Waals surface area contributed by atoms with Crippen LogP contribution in [0.2, 0.25) is 0 Å². The Morgan fingerprint density at radius 3 is 0.677 bits per heavy atom. The first kappa shape index (κ1) is 62.0. The van der Waals surface area contributed by atoms with Crippen molar-refractivity contribution in [2.24, 2.45) is 0 Å². The van der Waals surface area contributed by atoms with Crippen molar-refractivity contribution in [3.05, 3.63) is 232 Å². The van der Waals surface area contributed by atoms with E-state index in [1.807, 2.05) is 0 Å². The van der Waals surface area contributed by atoms with Crippen LogP contribution in [0.25, 0.3) is 33.4 Å². The number of nitrogens with zero attached hydrogens (tertiary/aromatic N) is 9. The van der Waals surface area contributed by atoms with E-state index in [4.69, 9.17) is 28.4 Å². The quantitative estimate of drug-likeness (QED) is 0.0181. The molecule has 39 heteroatoms. The van der Waals surface area contributed by atoms with Crippen molar-refractivity contribution in [1.82, 2.24) is 0 Å². The molecule has 0 aromatic heterocycles. The number of benzene rings is 7. The number of ketones is 3. The van der Waals surface area contributed by atoms with Crippen LogP contribution in [0.3, 0.4) is 0 Å². The van der Waals surface area contributed by atoms with Gasteiger partial charge in [0.15, 0.2) is 17.3 Å². The van der Waals surface area contributed by atoms with Crippen LogP contribution in [0.5, 0.6) is 17.2 Å². The summed E-state index contributed by atoms with van der Waals surface area (Å²) in [6.07, 6.45) is 0. The van der Waals surface area contributed by atoms with Crippen LogP contribution in [0.15, 0.2) is 91.0 Å². The Kier molecular flexibility index (Phi) is 15.9. The number of rotatable bonds is 24. The van der Waals surface area contributed by atoms with E-state index in [1.54, 1.807) is 0 Å². The molecule has 0 heterocycles. The van der Waals surface area contributed by atoms with Crippen LogP contribution in [0, 0.1) is 91.0 Å². The molecule has 39 nitrogen and oxygen atoms in total. The number of carbonyl (C=O) groups excluding carboxylic acids is 6. The van der Waals surface area contributed by atoms with Crippen molar-refractivity contribution in [3.63, 3.8) is 0 Å². The molecule has 0 aliphatic heterocycles. The molecule has 0 fully saturated rings. The van der Waals surface area contributed by atoms with Gasteiger partial charge in [-0.15, -0.1) is 0 Å². The Morgan fingerprint density at radius 1 is 0.269 bits per heavy atom. The molecule has 0 bridgehead atoms. The third-order valence-electron chi connectivity index (χ3n) is 14.0. The van der Waals surface area contributed by atoms with Gasteiger partial charge in [0.1, 0.15) is 56.9 Å². The fourth-order valence-corrected chi connectivity index (χ4v) is 10.3. The number of carbonyl (C=O) groups is 6. The van der Waals surface area contributed by atoms with E-state index in [-0.39, 0.29) is 17.2 Å². The molecule has 0 unspecified atom stereocenters. The molecule has 0 atom stereocenters. The Bertz CT molecular complexity index is 4260. The van der Waals surface area contributed by atoms with Crippen molar-refractivity contribution < 1.29 is 101 Å². The molecule has 0 saturated carbocycles. The Hall–Kier alpha value is -14.0. The van der Waals surface area contributed by atoms with E-state index in [1.165, 1.54) is 18.2 Å². The Labute approximate surface area is 509 Å². The number of nitro groups is 9. The average Bonchev–Trinajstić information content (AvgIpc) is 1.60. The second-order valence-electron chi connectivity index (χ2n) is 19.3. The van der Waals surface area contributed by atoms with Crippen LogP contribution < -0.4 is 14.2 Å². The maximum Gasteiger partial charge on any atom is 0.338 e. The summed E-state index contributed by atoms with van der Waals surface area (Å²) in [5, 5.41) is 107. The Morgan fingerprint density at radius 2 is 0.473 bits per heavy atom. The zero-order valence-electron chi connectivity index (χ0n) is 45.7. The van der Waals surface area contributed by atoms with Crippen LogP contribution in [-0.2, 0) is 14.2 Å². The highest BCUT2D eigenvalue weighted by atomic mass is 16.7. The van der Waals surface area contributed by atoms with Gasteiger partial charge in [0.25, 0.3) is 51.2 Å². The summed E-state index contributed by atoms with van der Waals surface area (Å²) >= 11 is 0. The number of non-ortho nitro benzene ring substituents is 3. The minimum absolute atomic E-state index is 0.178. The molecule has 7 aromatic rings. The van der Waals surface area contributed by atoms with Crippen molar-refractivity contribution >= 4 is 86.4 Å². The summed E-state index contributed by atoms with van der Waals surface area (Å²) in [6, 6.07) is 11.5. The number of ether oxygens (including phenoxy) is 6. The fourth-order valence-electron chi connectivity index (χ4n) is 10.3. The number of esters is 3. The largest absolute Gasteiger partial charge is 0.490 e. The lowest BCUT2D eigenvalue weighted by Crippen LogP contribution is -2.15. The van der Waals surface area contributed by atoms with E-state index in [0.717, 1.165) is 18.2 Å². The van der Waals surface area contributed by atoms with E-state index >= 15 is 0 Å². The summed E-state index contributed by atoms with van der Waals surface area (Å²) < 4.78 is 32.8. The van der Waals surface area contributed by atoms with Gasteiger partial charge in [-0.2, -0.15) is 0 Å². The van der Waals surface area contributed by atoms with Gasteiger partial charge in [-0.05, 0) is 18.2 Å². The van der Waals surface area contributed by atoms with Gasteiger partial charge in [0.05, 0.1) is 113 Å². The summed E-state index contributed by atoms with van der Waals surface area (Å²) in [6.45, 7) is -3.71. The monoisotopic (exact) mass is 1280 g/mol. The van der Waals surface area contributed by atoms with E-state index < -0.39 is 254 Å². The minimum atomic E-state index is -1.30. The fraction of sp³-hybridized carbons (Fsp3) is 0.111. The molecule has 0 N–H and O–H groups in total. The number of nitro benzene ring substituents is 9. The third kappa shape index (κ3) is 11.4. The van der Waals surface area contributed by atoms with Gasteiger partial charge in [0, 0.05) is 88.0 Å². The lowest BCUT2D eigenvalue weighted by atomic mass is 9.99. The number of hydrogen-bond donors (Lipinski definition) is 0. The van der Waals surface area contributed by atoms with Crippen molar-refractivity contribution in [2.75, 3.05) is 39.6 Å². The molecule has 468 valence electrons. The highest BCUT2D eigenvalue weighted by molar-refractivity contribution is 6.27. The first-order valence-electron chi connectivity index (χ1n) is 25.6. The van der Waals surface area contributed by atoms with E-state index in [9.17, 15) is 120 Å². The molecule has 93 heavy (non-hydrogen) atoms. The second kappa shape index (κ2) is 23.9. The van der Waals surface area contributed by atoms with Gasteiger partial charge in [0.2, 0.25) is 0 Å². The van der Waals surface area contributed by atoms with Crippen LogP contribution in [0.1, 0.15) is 78.8 Å². The van der Waals surface area contributed by atoms with Crippen LogP contribution >= 0.6 is 0 Å². The van der Waals surface area contributed by atoms with Crippen molar-refractivity contribution in [2.45, 2.75) is 0 Å². The third-order valence-corrected chi connectivity index (χ3v) is 14.0. The highest BCUT2D eigenvalue weighted by Crippen LogP contribution is 2.52. The first-order chi connectivity index (χ1) is 44.1.